The van der Waals surface area contributed by atoms with Gasteiger partial charge in [0.1, 0.15) is 6.04 Å². The number of carbonyl (C=O) groups is 2. The molecule has 3 rings (SSSR count). The molecule has 2 aliphatic heterocycles. The van der Waals surface area contributed by atoms with Gasteiger partial charge in [-0.15, -0.1) is 0 Å². The van der Waals surface area contributed by atoms with Crippen molar-refractivity contribution in [2.75, 3.05) is 32.8 Å². The van der Waals surface area contributed by atoms with E-state index in [1.807, 2.05) is 0 Å². The summed E-state index contributed by atoms with van der Waals surface area (Å²) in [6.45, 7) is 13.2. The standard InChI is InChI=1S/C28H45N3O3/c1-21(2)18-25-26(32)29-13-7-17-34-16-6-5-10-28(27(33)30-25)11-14-31(15-12-28)20-24-9-8-22(3)19-23(24)4/h8-9,19,21,25H,5-7,10-18,20H2,1-4H3,(H,29,32)(H,30,33)/t25-/m0/s1. The highest BCUT2D eigenvalue weighted by atomic mass is 16.5. The summed E-state index contributed by atoms with van der Waals surface area (Å²) in [7, 11) is 0. The third kappa shape index (κ3) is 7.54. The van der Waals surface area contributed by atoms with E-state index in [0.29, 0.717) is 25.5 Å². The number of piperidine rings is 1. The maximum Gasteiger partial charge on any atom is 0.242 e. The molecule has 2 heterocycles. The molecule has 1 aromatic rings. The van der Waals surface area contributed by atoms with Gasteiger partial charge >= 0.3 is 0 Å². The number of likely N-dealkylation sites (tertiary alicyclic amines) is 1. The lowest BCUT2D eigenvalue weighted by Crippen LogP contribution is -2.55. The van der Waals surface area contributed by atoms with Crippen molar-refractivity contribution >= 4 is 11.8 Å². The number of carbonyl (C=O) groups excluding carboxylic acids is 2. The first-order valence-electron chi connectivity index (χ1n) is 13.2. The Morgan fingerprint density at radius 3 is 2.50 bits per heavy atom. The molecule has 0 radical (unpaired) electrons. The van der Waals surface area contributed by atoms with Gasteiger partial charge in [-0.25, -0.2) is 0 Å². The zero-order chi connectivity index (χ0) is 24.6. The molecule has 2 fully saturated rings. The van der Waals surface area contributed by atoms with Crippen molar-refractivity contribution in [2.24, 2.45) is 11.3 Å². The van der Waals surface area contributed by atoms with E-state index in [0.717, 1.165) is 64.8 Å². The molecule has 6 nitrogen and oxygen atoms in total. The largest absolute Gasteiger partial charge is 0.381 e. The number of nitrogens with zero attached hydrogens (tertiary/aromatic N) is 1. The van der Waals surface area contributed by atoms with Crippen LogP contribution in [0, 0.1) is 25.2 Å². The van der Waals surface area contributed by atoms with Crippen LogP contribution in [-0.2, 0) is 20.9 Å². The molecule has 1 atom stereocenters. The van der Waals surface area contributed by atoms with E-state index in [4.69, 9.17) is 4.74 Å². The fraction of sp³-hybridized carbons (Fsp3) is 0.714. The van der Waals surface area contributed by atoms with E-state index in [2.05, 4.69) is 61.4 Å². The van der Waals surface area contributed by atoms with Gasteiger partial charge in [0.15, 0.2) is 0 Å². The van der Waals surface area contributed by atoms with Crippen LogP contribution >= 0.6 is 0 Å². The average Bonchev–Trinajstić information content (AvgIpc) is 2.79. The van der Waals surface area contributed by atoms with E-state index in [9.17, 15) is 9.59 Å². The summed E-state index contributed by atoms with van der Waals surface area (Å²) in [5.74, 6) is 0.327. The lowest BCUT2D eigenvalue weighted by molar-refractivity contribution is -0.138. The highest BCUT2D eigenvalue weighted by Gasteiger charge is 2.42. The minimum absolute atomic E-state index is 0.0671. The van der Waals surface area contributed by atoms with Gasteiger partial charge < -0.3 is 15.4 Å². The van der Waals surface area contributed by atoms with E-state index in [-0.39, 0.29) is 11.8 Å². The molecule has 0 unspecified atom stereocenters. The van der Waals surface area contributed by atoms with Gasteiger partial charge in [0, 0.05) is 26.3 Å². The predicted molar refractivity (Wildman–Crippen MR) is 137 cm³/mol. The van der Waals surface area contributed by atoms with Gasteiger partial charge in [-0.3, -0.25) is 14.5 Å². The van der Waals surface area contributed by atoms with Crippen LogP contribution in [0.5, 0.6) is 0 Å². The molecule has 2 saturated heterocycles. The third-order valence-electron chi connectivity index (χ3n) is 7.47. The number of amides is 2. The van der Waals surface area contributed by atoms with Gasteiger partial charge in [-0.05, 0) is 82.5 Å². The number of hydrogen-bond donors (Lipinski definition) is 2. The number of hydrogen-bond acceptors (Lipinski definition) is 4. The Hall–Kier alpha value is -1.92. The molecule has 0 aliphatic carbocycles. The molecule has 2 amide bonds. The van der Waals surface area contributed by atoms with E-state index < -0.39 is 11.5 Å². The Morgan fingerprint density at radius 1 is 1.06 bits per heavy atom. The van der Waals surface area contributed by atoms with Crippen LogP contribution in [0.1, 0.15) is 75.5 Å². The number of nitrogens with one attached hydrogen (secondary N) is 2. The molecule has 1 aromatic carbocycles. The van der Waals surface area contributed by atoms with Crippen LogP contribution in [0.4, 0.5) is 0 Å². The minimum Gasteiger partial charge on any atom is -0.381 e. The Morgan fingerprint density at radius 2 is 1.79 bits per heavy atom. The van der Waals surface area contributed by atoms with E-state index >= 15 is 0 Å². The lowest BCUT2D eigenvalue weighted by Gasteiger charge is -2.42. The zero-order valence-electron chi connectivity index (χ0n) is 21.8. The van der Waals surface area contributed by atoms with Crippen molar-refractivity contribution in [3.05, 3.63) is 34.9 Å². The Balaban J connectivity index is 1.70. The van der Waals surface area contributed by atoms with Gasteiger partial charge in [0.25, 0.3) is 0 Å². The van der Waals surface area contributed by atoms with Crippen molar-refractivity contribution in [1.82, 2.24) is 15.5 Å². The van der Waals surface area contributed by atoms with Crippen LogP contribution < -0.4 is 10.6 Å². The lowest BCUT2D eigenvalue weighted by atomic mass is 9.73. The molecule has 1 spiro atoms. The Bertz CT molecular complexity index is 815. The first-order valence-corrected chi connectivity index (χ1v) is 13.2. The number of ether oxygens (including phenoxy) is 1. The van der Waals surface area contributed by atoms with Crippen molar-refractivity contribution in [1.29, 1.82) is 0 Å². The molecule has 0 saturated carbocycles. The molecule has 190 valence electrons. The van der Waals surface area contributed by atoms with Gasteiger partial charge in [-0.1, -0.05) is 44.0 Å². The van der Waals surface area contributed by atoms with Gasteiger partial charge in [0.05, 0.1) is 5.41 Å². The second-order valence-corrected chi connectivity index (χ2v) is 10.9. The molecule has 34 heavy (non-hydrogen) atoms. The fourth-order valence-electron chi connectivity index (χ4n) is 5.29. The molecular weight excluding hydrogens is 426 g/mol. The summed E-state index contributed by atoms with van der Waals surface area (Å²) < 4.78 is 5.75. The summed E-state index contributed by atoms with van der Waals surface area (Å²) in [5, 5.41) is 6.20. The Kier molecular flexibility index (Phi) is 9.96. The summed E-state index contributed by atoms with van der Waals surface area (Å²) in [4.78, 5) is 29.1. The average molecular weight is 472 g/mol. The number of aryl methyl sites for hydroxylation is 2. The summed E-state index contributed by atoms with van der Waals surface area (Å²) in [6, 6.07) is 6.19. The smallest absolute Gasteiger partial charge is 0.242 e. The summed E-state index contributed by atoms with van der Waals surface area (Å²) in [6.07, 6.45) is 5.93. The highest BCUT2D eigenvalue weighted by molar-refractivity contribution is 5.90. The highest BCUT2D eigenvalue weighted by Crippen LogP contribution is 2.38. The van der Waals surface area contributed by atoms with Crippen molar-refractivity contribution in [3.63, 3.8) is 0 Å². The summed E-state index contributed by atoms with van der Waals surface area (Å²) in [5.41, 5.74) is 3.58. The van der Waals surface area contributed by atoms with Crippen LogP contribution in [0.2, 0.25) is 0 Å². The number of rotatable bonds is 4. The molecule has 2 N–H and O–H groups in total. The second kappa shape index (κ2) is 12.7. The number of benzene rings is 1. The van der Waals surface area contributed by atoms with E-state index in [1.165, 1.54) is 16.7 Å². The van der Waals surface area contributed by atoms with E-state index in [1.54, 1.807) is 0 Å². The van der Waals surface area contributed by atoms with Gasteiger partial charge in [-0.2, -0.15) is 0 Å². The monoisotopic (exact) mass is 471 g/mol. The van der Waals surface area contributed by atoms with Crippen molar-refractivity contribution in [2.45, 2.75) is 85.2 Å². The van der Waals surface area contributed by atoms with Gasteiger partial charge in [0.2, 0.25) is 11.8 Å². The van der Waals surface area contributed by atoms with Crippen LogP contribution in [0.25, 0.3) is 0 Å². The minimum atomic E-state index is -0.471. The first-order chi connectivity index (χ1) is 16.3. The topological polar surface area (TPSA) is 70.7 Å². The maximum atomic E-state index is 13.7. The normalized spacial score (nSPS) is 23.4. The molecular formula is C28H45N3O3. The second-order valence-electron chi connectivity index (χ2n) is 10.9. The first kappa shape index (κ1) is 26.7. The quantitative estimate of drug-likeness (QED) is 0.693. The van der Waals surface area contributed by atoms with Crippen LogP contribution in [0.15, 0.2) is 18.2 Å². The molecule has 0 aromatic heterocycles. The van der Waals surface area contributed by atoms with Crippen molar-refractivity contribution < 1.29 is 14.3 Å². The zero-order valence-corrected chi connectivity index (χ0v) is 21.8. The predicted octanol–water partition coefficient (Wildman–Crippen LogP) is 4.12. The van der Waals surface area contributed by atoms with Crippen molar-refractivity contribution in [3.8, 4) is 0 Å². The van der Waals surface area contributed by atoms with Crippen LogP contribution in [-0.4, -0.2) is 55.6 Å². The molecule has 6 heteroatoms. The SMILES string of the molecule is Cc1ccc(CN2CCC3(CCCCOCCCNC(=O)[C@H](CC(C)C)NC3=O)CC2)c(C)c1. The Labute approximate surface area is 206 Å². The molecule has 2 aliphatic rings. The molecule has 0 bridgehead atoms. The fourth-order valence-corrected chi connectivity index (χ4v) is 5.29. The third-order valence-corrected chi connectivity index (χ3v) is 7.47. The van der Waals surface area contributed by atoms with Crippen LogP contribution in [0.3, 0.4) is 0 Å². The summed E-state index contributed by atoms with van der Waals surface area (Å²) >= 11 is 0. The maximum absolute atomic E-state index is 13.7.